The summed E-state index contributed by atoms with van der Waals surface area (Å²) in [5.41, 5.74) is 1.38. The first-order valence-corrected chi connectivity index (χ1v) is 4.73. The van der Waals surface area contributed by atoms with Gasteiger partial charge in [0.15, 0.2) is 5.78 Å². The number of pyridine rings is 1. The second kappa shape index (κ2) is 2.88. The summed E-state index contributed by atoms with van der Waals surface area (Å²) < 4.78 is 0. The van der Waals surface area contributed by atoms with Crippen molar-refractivity contribution < 1.29 is 4.79 Å². The van der Waals surface area contributed by atoms with Gasteiger partial charge in [-0.1, -0.05) is 11.3 Å². The third-order valence-electron chi connectivity index (χ3n) is 1.72. The van der Waals surface area contributed by atoms with Gasteiger partial charge in [-0.15, -0.1) is 0 Å². The molecule has 0 saturated heterocycles. The van der Waals surface area contributed by atoms with Gasteiger partial charge in [-0.3, -0.25) is 4.79 Å². The van der Waals surface area contributed by atoms with Crippen molar-refractivity contribution in [3.8, 4) is 0 Å². The Bertz CT molecular complexity index is 475. The summed E-state index contributed by atoms with van der Waals surface area (Å²) in [6.45, 7) is 3.45. The molecule has 0 spiro atoms. The van der Waals surface area contributed by atoms with Crippen LogP contribution >= 0.6 is 11.3 Å². The van der Waals surface area contributed by atoms with Crippen LogP contribution in [-0.4, -0.2) is 15.8 Å². The number of aryl methyl sites for hydroxylation is 1. The summed E-state index contributed by atoms with van der Waals surface area (Å²) in [5.74, 6) is -0.00652. The predicted octanol–water partition coefficient (Wildman–Crippen LogP) is 2.20. The minimum atomic E-state index is -0.00652. The molecule has 0 unspecified atom stereocenters. The average Bonchev–Trinajstić information content (AvgIpc) is 2.42. The highest BCUT2D eigenvalue weighted by Crippen LogP contribution is 2.19. The first kappa shape index (κ1) is 8.31. The third kappa shape index (κ3) is 1.45. The number of aromatic nitrogens is 2. The summed E-state index contributed by atoms with van der Waals surface area (Å²) in [7, 11) is 0. The molecule has 0 bridgehead atoms. The number of carbonyl (C=O) groups excluding carboxylic acids is 1. The second-order valence-corrected chi connectivity index (χ2v) is 3.99. The number of fused-ring (bicyclic) bond motifs is 1. The SMILES string of the molecule is CC(=O)c1ccc2nc(C)sc2n1. The minimum Gasteiger partial charge on any atom is -0.293 e. The molecule has 0 aliphatic rings. The molecular formula is C9H8N2OS. The molecule has 0 N–H and O–H groups in total. The van der Waals surface area contributed by atoms with Crippen molar-refractivity contribution in [1.29, 1.82) is 0 Å². The van der Waals surface area contributed by atoms with Crippen LogP contribution in [0.5, 0.6) is 0 Å². The summed E-state index contributed by atoms with van der Waals surface area (Å²) in [4.78, 5) is 20.3. The first-order chi connectivity index (χ1) is 6.16. The van der Waals surface area contributed by atoms with E-state index in [1.165, 1.54) is 18.3 Å². The number of nitrogens with zero attached hydrogens (tertiary/aromatic N) is 2. The highest BCUT2D eigenvalue weighted by Gasteiger charge is 2.05. The van der Waals surface area contributed by atoms with E-state index in [1.54, 1.807) is 6.07 Å². The molecule has 3 nitrogen and oxygen atoms in total. The molecule has 0 amide bonds. The summed E-state index contributed by atoms with van der Waals surface area (Å²) in [5, 5.41) is 0.975. The Hall–Kier alpha value is -1.29. The van der Waals surface area contributed by atoms with Crippen LogP contribution in [0.3, 0.4) is 0 Å². The molecule has 2 aromatic rings. The highest BCUT2D eigenvalue weighted by atomic mass is 32.1. The Morgan fingerprint density at radius 2 is 2.15 bits per heavy atom. The van der Waals surface area contributed by atoms with Crippen LogP contribution in [-0.2, 0) is 0 Å². The lowest BCUT2D eigenvalue weighted by Gasteiger charge is -1.92. The number of rotatable bonds is 1. The number of ketones is 1. The van der Waals surface area contributed by atoms with Crippen molar-refractivity contribution >= 4 is 27.5 Å². The van der Waals surface area contributed by atoms with Gasteiger partial charge < -0.3 is 0 Å². The number of carbonyl (C=O) groups is 1. The van der Waals surface area contributed by atoms with Gasteiger partial charge in [0, 0.05) is 6.92 Å². The molecule has 2 rings (SSSR count). The monoisotopic (exact) mass is 192 g/mol. The summed E-state index contributed by atoms with van der Waals surface area (Å²) in [6, 6.07) is 3.55. The molecule has 0 saturated carbocycles. The Kier molecular flexibility index (Phi) is 1.84. The smallest absolute Gasteiger partial charge is 0.178 e. The molecule has 0 fully saturated rings. The van der Waals surface area contributed by atoms with Crippen LogP contribution in [0.25, 0.3) is 10.3 Å². The van der Waals surface area contributed by atoms with Crippen molar-refractivity contribution in [2.75, 3.05) is 0 Å². The van der Waals surface area contributed by atoms with Crippen molar-refractivity contribution in [2.24, 2.45) is 0 Å². The van der Waals surface area contributed by atoms with E-state index in [9.17, 15) is 4.79 Å². The van der Waals surface area contributed by atoms with Gasteiger partial charge in [0.25, 0.3) is 0 Å². The van der Waals surface area contributed by atoms with E-state index in [2.05, 4.69) is 9.97 Å². The van der Waals surface area contributed by atoms with Crippen LogP contribution in [0.2, 0.25) is 0 Å². The third-order valence-corrected chi connectivity index (χ3v) is 2.60. The van der Waals surface area contributed by atoms with Crippen molar-refractivity contribution in [1.82, 2.24) is 9.97 Å². The molecule has 0 aliphatic heterocycles. The number of Topliss-reactive ketones (excluding diaryl/α,β-unsaturated/α-hetero) is 1. The first-order valence-electron chi connectivity index (χ1n) is 3.92. The Balaban J connectivity index is 2.67. The lowest BCUT2D eigenvalue weighted by Crippen LogP contribution is -1.94. The van der Waals surface area contributed by atoms with Crippen LogP contribution in [0.15, 0.2) is 12.1 Å². The highest BCUT2D eigenvalue weighted by molar-refractivity contribution is 7.18. The topological polar surface area (TPSA) is 42.9 Å². The number of hydrogen-bond donors (Lipinski definition) is 0. The summed E-state index contributed by atoms with van der Waals surface area (Å²) >= 11 is 1.51. The lowest BCUT2D eigenvalue weighted by atomic mass is 10.3. The van der Waals surface area contributed by atoms with Gasteiger partial charge in [0.05, 0.1) is 5.01 Å². The quantitative estimate of drug-likeness (QED) is 0.650. The molecule has 66 valence electrons. The van der Waals surface area contributed by atoms with E-state index < -0.39 is 0 Å². The van der Waals surface area contributed by atoms with Crippen LogP contribution in [0.1, 0.15) is 22.4 Å². The maximum Gasteiger partial charge on any atom is 0.178 e. The number of thiazole rings is 1. The maximum absolute atomic E-state index is 11.0. The zero-order valence-electron chi connectivity index (χ0n) is 7.37. The molecule has 2 aromatic heterocycles. The standard InChI is InChI=1S/C9H8N2OS/c1-5(12)7-3-4-8-9(11-7)13-6(2)10-8/h3-4H,1-2H3. The lowest BCUT2D eigenvalue weighted by molar-refractivity contribution is 0.101. The zero-order chi connectivity index (χ0) is 9.42. The fraction of sp³-hybridized carbons (Fsp3) is 0.222. The molecule has 4 heteroatoms. The predicted molar refractivity (Wildman–Crippen MR) is 52.2 cm³/mol. The Morgan fingerprint density at radius 1 is 1.38 bits per heavy atom. The average molecular weight is 192 g/mol. The molecule has 0 aliphatic carbocycles. The van der Waals surface area contributed by atoms with E-state index in [0.29, 0.717) is 5.69 Å². The molecule has 0 aromatic carbocycles. The number of hydrogen-bond acceptors (Lipinski definition) is 4. The van der Waals surface area contributed by atoms with E-state index in [4.69, 9.17) is 0 Å². The second-order valence-electron chi connectivity index (χ2n) is 2.81. The normalized spacial score (nSPS) is 10.6. The van der Waals surface area contributed by atoms with E-state index >= 15 is 0 Å². The van der Waals surface area contributed by atoms with Crippen molar-refractivity contribution in [3.63, 3.8) is 0 Å². The summed E-state index contributed by atoms with van der Waals surface area (Å²) in [6.07, 6.45) is 0. The fourth-order valence-corrected chi connectivity index (χ4v) is 1.91. The maximum atomic E-state index is 11.0. The fourth-order valence-electron chi connectivity index (χ4n) is 1.12. The minimum absolute atomic E-state index is 0.00652. The molecule has 2 heterocycles. The van der Waals surface area contributed by atoms with Crippen molar-refractivity contribution in [3.05, 3.63) is 22.8 Å². The van der Waals surface area contributed by atoms with Crippen LogP contribution < -0.4 is 0 Å². The largest absolute Gasteiger partial charge is 0.293 e. The van der Waals surface area contributed by atoms with Gasteiger partial charge >= 0.3 is 0 Å². The van der Waals surface area contributed by atoms with E-state index in [1.807, 2.05) is 13.0 Å². The zero-order valence-corrected chi connectivity index (χ0v) is 8.18. The van der Waals surface area contributed by atoms with Gasteiger partial charge in [-0.05, 0) is 19.1 Å². The van der Waals surface area contributed by atoms with E-state index in [-0.39, 0.29) is 5.78 Å². The van der Waals surface area contributed by atoms with Gasteiger partial charge in [0.1, 0.15) is 16.0 Å². The molecule has 0 radical (unpaired) electrons. The van der Waals surface area contributed by atoms with Crippen molar-refractivity contribution in [2.45, 2.75) is 13.8 Å². The van der Waals surface area contributed by atoms with Gasteiger partial charge in [-0.2, -0.15) is 0 Å². The van der Waals surface area contributed by atoms with Gasteiger partial charge in [0.2, 0.25) is 0 Å². The molecule has 0 atom stereocenters. The Labute approximate surface area is 79.4 Å². The molecular weight excluding hydrogens is 184 g/mol. The Morgan fingerprint density at radius 3 is 2.85 bits per heavy atom. The van der Waals surface area contributed by atoms with E-state index in [0.717, 1.165) is 15.4 Å². The van der Waals surface area contributed by atoms with Crippen LogP contribution in [0.4, 0.5) is 0 Å². The van der Waals surface area contributed by atoms with Gasteiger partial charge in [-0.25, -0.2) is 9.97 Å². The molecule has 13 heavy (non-hydrogen) atoms. The van der Waals surface area contributed by atoms with Crippen LogP contribution in [0, 0.1) is 6.92 Å².